The van der Waals surface area contributed by atoms with Gasteiger partial charge in [-0.3, -0.25) is 0 Å². The van der Waals surface area contributed by atoms with E-state index in [0.717, 1.165) is 23.1 Å². The Morgan fingerprint density at radius 3 is 2.72 bits per heavy atom. The molecule has 0 aliphatic heterocycles. The first-order valence-electron chi connectivity index (χ1n) is 5.69. The van der Waals surface area contributed by atoms with Crippen molar-refractivity contribution >= 4 is 17.5 Å². The third-order valence-corrected chi connectivity index (χ3v) is 2.92. The number of hydrogen-bond donors (Lipinski definition) is 1. The number of rotatable bonds is 3. The van der Waals surface area contributed by atoms with Gasteiger partial charge in [0, 0.05) is 0 Å². The number of H-pyrrole nitrogens is 1. The van der Waals surface area contributed by atoms with Crippen LogP contribution in [0.5, 0.6) is 0 Å². The fourth-order valence-electron chi connectivity index (χ4n) is 1.99. The molecule has 0 saturated heterocycles. The number of benzene rings is 1. The third kappa shape index (κ3) is 1.78. The van der Waals surface area contributed by atoms with Crippen LogP contribution in [0, 0.1) is 0 Å². The summed E-state index contributed by atoms with van der Waals surface area (Å²) in [4.78, 5) is 22.8. The van der Waals surface area contributed by atoms with Crippen LogP contribution >= 0.6 is 0 Å². The Morgan fingerprint density at radius 1 is 1.11 bits per heavy atom. The van der Waals surface area contributed by atoms with Crippen LogP contribution in [-0.2, 0) is 4.79 Å². The van der Waals surface area contributed by atoms with Crippen molar-refractivity contribution < 1.29 is 4.79 Å². The molecule has 3 aromatic rings. The van der Waals surface area contributed by atoms with Crippen molar-refractivity contribution in [1.29, 1.82) is 0 Å². The Kier molecular flexibility index (Phi) is 2.61. The fraction of sp³-hybridized carbons (Fsp3) is 0.0714. The summed E-state index contributed by atoms with van der Waals surface area (Å²) in [6, 6.07) is 13.4. The maximum Gasteiger partial charge on any atom is 0.177 e. The summed E-state index contributed by atoms with van der Waals surface area (Å²) < 4.78 is 0. The van der Waals surface area contributed by atoms with Gasteiger partial charge >= 0.3 is 0 Å². The molecular weight excluding hydrogens is 226 g/mol. The first-order chi connectivity index (χ1) is 8.88. The van der Waals surface area contributed by atoms with Crippen LogP contribution in [-0.4, -0.2) is 21.2 Å². The molecule has 1 aromatic carbocycles. The molecule has 0 bridgehead atoms. The molecule has 18 heavy (non-hydrogen) atoms. The van der Waals surface area contributed by atoms with Crippen LogP contribution in [0.1, 0.15) is 17.2 Å². The van der Waals surface area contributed by atoms with Crippen molar-refractivity contribution in [3.05, 3.63) is 60.0 Å². The fourth-order valence-corrected chi connectivity index (χ4v) is 1.99. The number of fused-ring (bicyclic) bond motifs is 1. The second kappa shape index (κ2) is 4.41. The van der Waals surface area contributed by atoms with E-state index in [9.17, 15) is 4.79 Å². The zero-order valence-electron chi connectivity index (χ0n) is 9.58. The van der Waals surface area contributed by atoms with Crippen molar-refractivity contribution in [2.45, 2.75) is 5.92 Å². The van der Waals surface area contributed by atoms with Crippen LogP contribution < -0.4 is 0 Å². The molecule has 0 aliphatic carbocycles. The van der Waals surface area contributed by atoms with Gasteiger partial charge < -0.3 is 9.78 Å². The number of aldehydes is 1. The molecule has 4 heteroatoms. The number of nitrogens with one attached hydrogen (secondary N) is 1. The highest BCUT2D eigenvalue weighted by atomic mass is 16.1. The normalized spacial score (nSPS) is 12.4. The number of nitrogens with zero attached hydrogens (tertiary/aromatic N) is 2. The number of carbonyl (C=O) groups is 1. The maximum atomic E-state index is 11.3. The van der Waals surface area contributed by atoms with Crippen molar-refractivity contribution in [3.63, 3.8) is 0 Å². The molecule has 0 amide bonds. The van der Waals surface area contributed by atoms with Gasteiger partial charge in [0.2, 0.25) is 0 Å². The number of carbonyl (C=O) groups excluding carboxylic acids is 1. The number of aromatic amines is 1. The Balaban J connectivity index is 2.08. The summed E-state index contributed by atoms with van der Waals surface area (Å²) in [5, 5.41) is 0. The monoisotopic (exact) mass is 237 g/mol. The van der Waals surface area contributed by atoms with E-state index in [1.54, 1.807) is 6.33 Å². The lowest BCUT2D eigenvalue weighted by Crippen LogP contribution is -2.04. The molecule has 0 saturated carbocycles. The number of imidazole rings is 1. The highest BCUT2D eigenvalue weighted by Gasteiger charge is 2.15. The minimum Gasteiger partial charge on any atom is -0.343 e. The van der Waals surface area contributed by atoms with E-state index < -0.39 is 0 Å². The van der Waals surface area contributed by atoms with Gasteiger partial charge in [-0.15, -0.1) is 0 Å². The molecule has 1 atom stereocenters. The molecule has 1 unspecified atom stereocenters. The standard InChI is InChI=1S/C14H11N3O/c18-8-11(10-4-2-1-3-5-10)12-6-7-13-14(17-12)16-9-15-13/h1-9,11H,(H,15,16,17). The summed E-state index contributed by atoms with van der Waals surface area (Å²) in [6.07, 6.45) is 2.51. The topological polar surface area (TPSA) is 58.6 Å². The molecule has 0 radical (unpaired) electrons. The second-order valence-electron chi connectivity index (χ2n) is 4.03. The summed E-state index contributed by atoms with van der Waals surface area (Å²) in [5.41, 5.74) is 3.16. The average molecular weight is 237 g/mol. The van der Waals surface area contributed by atoms with Gasteiger partial charge in [0.1, 0.15) is 6.29 Å². The highest BCUT2D eigenvalue weighted by molar-refractivity contribution is 5.73. The van der Waals surface area contributed by atoms with Crippen molar-refractivity contribution in [3.8, 4) is 0 Å². The van der Waals surface area contributed by atoms with Crippen LogP contribution in [0.3, 0.4) is 0 Å². The molecule has 4 nitrogen and oxygen atoms in total. The van der Waals surface area contributed by atoms with Crippen LogP contribution in [0.4, 0.5) is 0 Å². The molecule has 0 aliphatic rings. The summed E-state index contributed by atoms with van der Waals surface area (Å²) in [7, 11) is 0. The number of aromatic nitrogens is 3. The minimum absolute atomic E-state index is 0.340. The van der Waals surface area contributed by atoms with Gasteiger partial charge in [0.05, 0.1) is 23.5 Å². The average Bonchev–Trinajstić information content (AvgIpc) is 2.88. The van der Waals surface area contributed by atoms with Gasteiger partial charge in [-0.05, 0) is 17.7 Å². The lowest BCUT2D eigenvalue weighted by Gasteiger charge is -2.09. The van der Waals surface area contributed by atoms with Gasteiger partial charge in [-0.2, -0.15) is 0 Å². The Labute approximate surface area is 104 Å². The van der Waals surface area contributed by atoms with E-state index in [4.69, 9.17) is 0 Å². The highest BCUT2D eigenvalue weighted by Crippen LogP contribution is 2.22. The summed E-state index contributed by atoms with van der Waals surface area (Å²) in [5.74, 6) is -0.340. The van der Waals surface area contributed by atoms with E-state index in [0.29, 0.717) is 5.65 Å². The third-order valence-electron chi connectivity index (χ3n) is 2.92. The summed E-state index contributed by atoms with van der Waals surface area (Å²) in [6.45, 7) is 0. The predicted octanol–water partition coefficient (Wildman–Crippen LogP) is 2.29. The van der Waals surface area contributed by atoms with E-state index in [1.165, 1.54) is 0 Å². The molecule has 3 rings (SSSR count). The van der Waals surface area contributed by atoms with E-state index in [1.807, 2.05) is 42.5 Å². The Morgan fingerprint density at radius 2 is 1.94 bits per heavy atom. The molecule has 1 N–H and O–H groups in total. The first-order valence-corrected chi connectivity index (χ1v) is 5.69. The minimum atomic E-state index is -0.340. The molecule has 88 valence electrons. The molecule has 2 heterocycles. The molecule has 0 spiro atoms. The molecule has 2 aromatic heterocycles. The zero-order chi connectivity index (χ0) is 12.4. The number of pyridine rings is 1. The Bertz CT molecular complexity index is 676. The largest absolute Gasteiger partial charge is 0.343 e. The van der Waals surface area contributed by atoms with Gasteiger partial charge in [-0.1, -0.05) is 30.3 Å². The SMILES string of the molecule is O=CC(c1ccccc1)c1ccc2[nH]cnc2n1. The van der Waals surface area contributed by atoms with E-state index >= 15 is 0 Å². The molecule has 0 fully saturated rings. The van der Waals surface area contributed by atoms with Crippen molar-refractivity contribution in [2.75, 3.05) is 0 Å². The lowest BCUT2D eigenvalue weighted by atomic mass is 9.97. The van der Waals surface area contributed by atoms with Gasteiger partial charge in [0.25, 0.3) is 0 Å². The number of hydrogen-bond acceptors (Lipinski definition) is 3. The lowest BCUT2D eigenvalue weighted by molar-refractivity contribution is -0.108. The summed E-state index contributed by atoms with van der Waals surface area (Å²) >= 11 is 0. The van der Waals surface area contributed by atoms with Crippen LogP contribution in [0.2, 0.25) is 0 Å². The van der Waals surface area contributed by atoms with Crippen LogP contribution in [0.25, 0.3) is 11.2 Å². The van der Waals surface area contributed by atoms with Crippen LogP contribution in [0.15, 0.2) is 48.8 Å². The van der Waals surface area contributed by atoms with Gasteiger partial charge in [-0.25, -0.2) is 9.97 Å². The van der Waals surface area contributed by atoms with Crippen molar-refractivity contribution in [1.82, 2.24) is 15.0 Å². The smallest absolute Gasteiger partial charge is 0.177 e. The van der Waals surface area contributed by atoms with E-state index in [-0.39, 0.29) is 5.92 Å². The van der Waals surface area contributed by atoms with Gasteiger partial charge in [0.15, 0.2) is 5.65 Å². The Hall–Kier alpha value is -2.49. The van der Waals surface area contributed by atoms with Crippen molar-refractivity contribution in [2.24, 2.45) is 0 Å². The second-order valence-corrected chi connectivity index (χ2v) is 4.03. The predicted molar refractivity (Wildman–Crippen MR) is 68.2 cm³/mol. The maximum absolute atomic E-state index is 11.3. The zero-order valence-corrected chi connectivity index (χ0v) is 9.58. The molecular formula is C14H11N3O. The van der Waals surface area contributed by atoms with E-state index in [2.05, 4.69) is 15.0 Å². The first kappa shape index (κ1) is 10.7. The quantitative estimate of drug-likeness (QED) is 0.711.